The van der Waals surface area contributed by atoms with Gasteiger partial charge in [-0.05, 0) is 31.4 Å². The van der Waals surface area contributed by atoms with Crippen molar-refractivity contribution in [1.29, 1.82) is 0 Å². The molecule has 3 rings (SSSR count). The van der Waals surface area contributed by atoms with Crippen LogP contribution >= 0.6 is 22.9 Å². The lowest BCUT2D eigenvalue weighted by Crippen LogP contribution is -2.38. The average molecular weight is 323 g/mol. The van der Waals surface area contributed by atoms with Gasteiger partial charge in [0.25, 0.3) is 0 Å². The third-order valence-corrected chi connectivity index (χ3v) is 4.57. The van der Waals surface area contributed by atoms with Crippen LogP contribution in [0.3, 0.4) is 0 Å². The molecule has 2 amide bonds. The summed E-state index contributed by atoms with van der Waals surface area (Å²) in [7, 11) is 0. The summed E-state index contributed by atoms with van der Waals surface area (Å²) in [5.74, 6) is 0.614. The van der Waals surface area contributed by atoms with Crippen LogP contribution in [0.1, 0.15) is 19.3 Å². The lowest BCUT2D eigenvalue weighted by molar-refractivity contribution is 0.200. The molecular formula is C14H15ClN4OS. The molecule has 1 fully saturated rings. The number of rotatable bonds is 2. The normalized spacial score (nSPS) is 15.0. The molecule has 1 aliphatic rings. The molecule has 3 heterocycles. The zero-order chi connectivity index (χ0) is 14.7. The van der Waals surface area contributed by atoms with Crippen molar-refractivity contribution in [3.8, 4) is 10.7 Å². The van der Waals surface area contributed by atoms with Gasteiger partial charge in [0.2, 0.25) is 0 Å². The first kappa shape index (κ1) is 14.3. The van der Waals surface area contributed by atoms with E-state index in [2.05, 4.69) is 15.3 Å². The summed E-state index contributed by atoms with van der Waals surface area (Å²) >= 11 is 7.33. The van der Waals surface area contributed by atoms with Crippen molar-refractivity contribution in [2.45, 2.75) is 19.3 Å². The molecule has 1 saturated heterocycles. The quantitative estimate of drug-likeness (QED) is 0.913. The Morgan fingerprint density at radius 2 is 1.90 bits per heavy atom. The predicted octanol–water partition coefficient (Wildman–Crippen LogP) is 3.88. The number of halogens is 1. The number of aromatic nitrogens is 2. The van der Waals surface area contributed by atoms with Crippen LogP contribution in [-0.4, -0.2) is 34.0 Å². The van der Waals surface area contributed by atoms with E-state index < -0.39 is 0 Å². The first-order chi connectivity index (χ1) is 10.2. The smallest absolute Gasteiger partial charge is 0.321 e. The fraction of sp³-hybridized carbons (Fsp3) is 0.357. The Morgan fingerprint density at radius 3 is 2.52 bits per heavy atom. The number of carbonyl (C=O) groups is 1. The van der Waals surface area contributed by atoms with Gasteiger partial charge in [0.15, 0.2) is 5.82 Å². The lowest BCUT2D eigenvalue weighted by atomic mass is 10.1. The zero-order valence-corrected chi connectivity index (χ0v) is 13.0. The van der Waals surface area contributed by atoms with Crippen molar-refractivity contribution in [3.63, 3.8) is 0 Å². The zero-order valence-electron chi connectivity index (χ0n) is 11.4. The summed E-state index contributed by atoms with van der Waals surface area (Å²) in [4.78, 5) is 23.3. The van der Waals surface area contributed by atoms with Gasteiger partial charge in [-0.15, -0.1) is 11.3 Å². The molecule has 0 aromatic carbocycles. The van der Waals surface area contributed by atoms with Crippen LogP contribution < -0.4 is 5.32 Å². The van der Waals surface area contributed by atoms with Crippen LogP contribution in [-0.2, 0) is 0 Å². The van der Waals surface area contributed by atoms with Gasteiger partial charge in [-0.3, -0.25) is 0 Å². The number of hydrogen-bond acceptors (Lipinski definition) is 4. The van der Waals surface area contributed by atoms with Gasteiger partial charge in [0.1, 0.15) is 0 Å². The van der Waals surface area contributed by atoms with E-state index >= 15 is 0 Å². The van der Waals surface area contributed by atoms with E-state index in [9.17, 15) is 4.79 Å². The average Bonchev–Trinajstić information content (AvgIpc) is 2.95. The van der Waals surface area contributed by atoms with E-state index in [1.165, 1.54) is 17.8 Å². The minimum absolute atomic E-state index is 0.0785. The van der Waals surface area contributed by atoms with Gasteiger partial charge in [0.05, 0.1) is 27.3 Å². The van der Waals surface area contributed by atoms with Crippen molar-refractivity contribution in [3.05, 3.63) is 28.9 Å². The first-order valence-corrected chi connectivity index (χ1v) is 8.05. The Kier molecular flexibility index (Phi) is 4.36. The molecule has 0 atom stereocenters. The summed E-state index contributed by atoms with van der Waals surface area (Å²) in [6.07, 6.45) is 6.59. The Bertz CT molecular complexity index is 622. The van der Waals surface area contributed by atoms with Crippen LogP contribution in [0.4, 0.5) is 10.5 Å². The Labute approximate surface area is 132 Å². The minimum Gasteiger partial charge on any atom is -0.325 e. The van der Waals surface area contributed by atoms with Crippen LogP contribution in [0, 0.1) is 0 Å². The first-order valence-electron chi connectivity index (χ1n) is 6.86. The van der Waals surface area contributed by atoms with Gasteiger partial charge in [-0.2, -0.15) is 0 Å². The summed E-state index contributed by atoms with van der Waals surface area (Å²) in [6, 6.07) is 3.62. The van der Waals surface area contributed by atoms with E-state index in [1.807, 2.05) is 17.0 Å². The molecule has 0 spiro atoms. The fourth-order valence-corrected chi connectivity index (χ4v) is 3.25. The molecule has 21 heavy (non-hydrogen) atoms. The topological polar surface area (TPSA) is 58.1 Å². The van der Waals surface area contributed by atoms with E-state index in [-0.39, 0.29) is 6.03 Å². The van der Waals surface area contributed by atoms with Gasteiger partial charge < -0.3 is 10.2 Å². The SMILES string of the molecule is O=C(Nc1cnc(-c2ccc(Cl)s2)nc1)N1CCCCC1. The molecule has 0 radical (unpaired) electrons. The van der Waals surface area contributed by atoms with Crippen molar-refractivity contribution in [2.24, 2.45) is 0 Å². The monoisotopic (exact) mass is 322 g/mol. The second kappa shape index (κ2) is 6.41. The standard InChI is InChI=1S/C14H15ClN4OS/c15-12-5-4-11(21-12)13-16-8-10(9-17-13)18-14(20)19-6-2-1-3-7-19/h4-5,8-9H,1-3,6-7H2,(H,18,20). The van der Waals surface area contributed by atoms with Crippen molar-refractivity contribution < 1.29 is 4.79 Å². The number of piperidine rings is 1. The summed E-state index contributed by atoms with van der Waals surface area (Å²) in [6.45, 7) is 1.64. The molecule has 0 unspecified atom stereocenters. The second-order valence-corrected chi connectivity index (χ2v) is 6.59. The van der Waals surface area contributed by atoms with Crippen molar-refractivity contribution in [1.82, 2.24) is 14.9 Å². The van der Waals surface area contributed by atoms with Gasteiger partial charge in [-0.25, -0.2) is 14.8 Å². The number of carbonyl (C=O) groups excluding carboxylic acids is 1. The van der Waals surface area contributed by atoms with E-state index in [4.69, 9.17) is 11.6 Å². The summed E-state index contributed by atoms with van der Waals surface area (Å²) in [5.41, 5.74) is 0.608. The van der Waals surface area contributed by atoms with Crippen LogP contribution in [0.2, 0.25) is 4.34 Å². The van der Waals surface area contributed by atoms with E-state index in [1.54, 1.807) is 12.4 Å². The fourth-order valence-electron chi connectivity index (χ4n) is 2.25. The second-order valence-electron chi connectivity index (χ2n) is 4.88. The highest BCUT2D eigenvalue weighted by Gasteiger charge is 2.16. The Hall–Kier alpha value is -1.66. The highest BCUT2D eigenvalue weighted by molar-refractivity contribution is 7.19. The highest BCUT2D eigenvalue weighted by Crippen LogP contribution is 2.28. The number of anilines is 1. The maximum Gasteiger partial charge on any atom is 0.321 e. The van der Waals surface area contributed by atoms with Crippen LogP contribution in [0.5, 0.6) is 0 Å². The molecule has 7 heteroatoms. The molecule has 2 aromatic heterocycles. The van der Waals surface area contributed by atoms with Gasteiger partial charge in [-0.1, -0.05) is 11.6 Å². The molecule has 5 nitrogen and oxygen atoms in total. The van der Waals surface area contributed by atoms with Gasteiger partial charge in [0, 0.05) is 13.1 Å². The van der Waals surface area contributed by atoms with Crippen LogP contribution in [0.15, 0.2) is 24.5 Å². The Morgan fingerprint density at radius 1 is 1.19 bits per heavy atom. The largest absolute Gasteiger partial charge is 0.325 e. The maximum absolute atomic E-state index is 12.1. The van der Waals surface area contributed by atoms with E-state index in [0.717, 1.165) is 30.8 Å². The number of amides is 2. The van der Waals surface area contributed by atoms with E-state index in [0.29, 0.717) is 15.8 Å². The number of nitrogens with one attached hydrogen (secondary N) is 1. The third kappa shape index (κ3) is 3.51. The number of hydrogen-bond donors (Lipinski definition) is 1. The molecule has 0 saturated carbocycles. The molecular weight excluding hydrogens is 308 g/mol. The molecule has 2 aromatic rings. The minimum atomic E-state index is -0.0785. The predicted molar refractivity (Wildman–Crippen MR) is 84.8 cm³/mol. The molecule has 1 aliphatic heterocycles. The number of urea groups is 1. The number of thiophene rings is 1. The molecule has 0 bridgehead atoms. The maximum atomic E-state index is 12.1. The molecule has 0 aliphatic carbocycles. The van der Waals surface area contributed by atoms with Crippen molar-refractivity contribution >= 4 is 34.7 Å². The summed E-state index contributed by atoms with van der Waals surface area (Å²) < 4.78 is 0.705. The number of likely N-dealkylation sites (tertiary alicyclic amines) is 1. The van der Waals surface area contributed by atoms with Crippen molar-refractivity contribution in [2.75, 3.05) is 18.4 Å². The lowest BCUT2D eigenvalue weighted by Gasteiger charge is -2.26. The van der Waals surface area contributed by atoms with Gasteiger partial charge >= 0.3 is 6.03 Å². The van der Waals surface area contributed by atoms with Crippen LogP contribution in [0.25, 0.3) is 10.7 Å². The highest BCUT2D eigenvalue weighted by atomic mass is 35.5. The molecule has 1 N–H and O–H groups in total. The molecule has 110 valence electrons. The number of nitrogens with zero attached hydrogens (tertiary/aromatic N) is 3. The third-order valence-electron chi connectivity index (χ3n) is 3.34. The summed E-state index contributed by atoms with van der Waals surface area (Å²) in [5, 5.41) is 2.83. The Balaban J connectivity index is 1.65.